The first kappa shape index (κ1) is 11.8. The van der Waals surface area contributed by atoms with Gasteiger partial charge in [-0.1, -0.05) is 12.2 Å². The highest BCUT2D eigenvalue weighted by molar-refractivity contribution is 7.80. The molecule has 0 radical (unpaired) electrons. The standard InChI is InChI=1S/C7H10N2S2.ClH/c1-9-7(10)5-2-6(3-8)11-4-5;/h2,4H,3,8H2,1H3,(H,9,10);1H. The average molecular weight is 223 g/mol. The van der Waals surface area contributed by atoms with E-state index in [1.807, 2.05) is 18.5 Å². The van der Waals surface area contributed by atoms with Gasteiger partial charge in [0, 0.05) is 29.4 Å². The summed E-state index contributed by atoms with van der Waals surface area (Å²) in [4.78, 5) is 1.94. The molecule has 0 atom stereocenters. The van der Waals surface area contributed by atoms with Gasteiger partial charge in [0.1, 0.15) is 4.99 Å². The van der Waals surface area contributed by atoms with E-state index < -0.39 is 0 Å². The molecule has 0 aliphatic carbocycles. The predicted octanol–water partition coefficient (Wildman–Crippen LogP) is 1.52. The second kappa shape index (κ2) is 5.48. The lowest BCUT2D eigenvalue weighted by molar-refractivity contribution is 1.11. The van der Waals surface area contributed by atoms with Crippen LogP contribution in [0, 0.1) is 0 Å². The first-order chi connectivity index (χ1) is 5.27. The van der Waals surface area contributed by atoms with Crippen molar-refractivity contribution < 1.29 is 0 Å². The highest BCUT2D eigenvalue weighted by Gasteiger charge is 2.00. The van der Waals surface area contributed by atoms with E-state index in [0.717, 1.165) is 15.4 Å². The third-order valence-corrected chi connectivity index (χ3v) is 2.74. The van der Waals surface area contributed by atoms with Gasteiger partial charge in [0.15, 0.2) is 0 Å². The van der Waals surface area contributed by atoms with Gasteiger partial charge in [0.25, 0.3) is 0 Å². The van der Waals surface area contributed by atoms with Crippen molar-refractivity contribution in [3.8, 4) is 0 Å². The van der Waals surface area contributed by atoms with Crippen molar-refractivity contribution in [3.63, 3.8) is 0 Å². The molecule has 0 aliphatic heterocycles. The van der Waals surface area contributed by atoms with Crippen LogP contribution in [-0.2, 0) is 6.54 Å². The van der Waals surface area contributed by atoms with Crippen molar-refractivity contribution in [3.05, 3.63) is 21.9 Å². The Kier molecular flexibility index (Phi) is 5.41. The van der Waals surface area contributed by atoms with Crippen LogP contribution in [0.15, 0.2) is 11.4 Å². The summed E-state index contributed by atoms with van der Waals surface area (Å²) in [6, 6.07) is 2.02. The molecule has 5 heteroatoms. The number of halogens is 1. The van der Waals surface area contributed by atoms with Crippen LogP contribution in [-0.4, -0.2) is 12.0 Å². The third kappa shape index (κ3) is 2.71. The second-order valence-corrected chi connectivity index (χ2v) is 3.49. The van der Waals surface area contributed by atoms with Crippen molar-refractivity contribution in [2.45, 2.75) is 6.54 Å². The molecule has 0 saturated carbocycles. The second-order valence-electron chi connectivity index (χ2n) is 2.08. The van der Waals surface area contributed by atoms with Crippen LogP contribution in [0.5, 0.6) is 0 Å². The van der Waals surface area contributed by atoms with E-state index in [1.54, 1.807) is 11.3 Å². The van der Waals surface area contributed by atoms with Crippen molar-refractivity contribution in [2.75, 3.05) is 7.05 Å². The molecule has 2 nitrogen and oxygen atoms in total. The van der Waals surface area contributed by atoms with Crippen LogP contribution in [0.3, 0.4) is 0 Å². The Morgan fingerprint density at radius 1 is 1.75 bits per heavy atom. The fourth-order valence-corrected chi connectivity index (χ4v) is 1.70. The summed E-state index contributed by atoms with van der Waals surface area (Å²) in [5.74, 6) is 0. The van der Waals surface area contributed by atoms with Crippen LogP contribution in [0.4, 0.5) is 0 Å². The largest absolute Gasteiger partial charge is 0.379 e. The molecule has 0 amide bonds. The highest BCUT2D eigenvalue weighted by Crippen LogP contribution is 2.13. The first-order valence-electron chi connectivity index (χ1n) is 3.27. The maximum atomic E-state index is 5.45. The van der Waals surface area contributed by atoms with E-state index in [1.165, 1.54) is 0 Å². The van der Waals surface area contributed by atoms with Gasteiger partial charge in [-0.05, 0) is 6.07 Å². The molecule has 1 heterocycles. The number of hydrogen-bond acceptors (Lipinski definition) is 3. The van der Waals surface area contributed by atoms with Crippen LogP contribution in [0.1, 0.15) is 10.4 Å². The van der Waals surface area contributed by atoms with Gasteiger partial charge >= 0.3 is 0 Å². The van der Waals surface area contributed by atoms with Crippen LogP contribution < -0.4 is 11.1 Å². The maximum absolute atomic E-state index is 5.45. The summed E-state index contributed by atoms with van der Waals surface area (Å²) in [6.45, 7) is 0.594. The molecule has 0 spiro atoms. The number of nitrogens with one attached hydrogen (secondary N) is 1. The SMILES string of the molecule is CNC(=S)c1csc(CN)c1.Cl. The number of nitrogens with two attached hydrogens (primary N) is 1. The number of rotatable bonds is 2. The molecule has 3 N–H and O–H groups in total. The lowest BCUT2D eigenvalue weighted by atomic mass is 10.3. The number of hydrogen-bond donors (Lipinski definition) is 2. The predicted molar refractivity (Wildman–Crippen MR) is 60.2 cm³/mol. The molecule has 0 unspecified atom stereocenters. The van der Waals surface area contributed by atoms with Gasteiger partial charge in [-0.25, -0.2) is 0 Å². The molecule has 68 valence electrons. The van der Waals surface area contributed by atoms with E-state index >= 15 is 0 Å². The molecule has 0 bridgehead atoms. The van der Waals surface area contributed by atoms with E-state index in [2.05, 4.69) is 5.32 Å². The van der Waals surface area contributed by atoms with Crippen molar-refractivity contribution in [2.24, 2.45) is 5.73 Å². The summed E-state index contributed by atoms with van der Waals surface area (Å²) >= 11 is 6.68. The molecular weight excluding hydrogens is 212 g/mol. The van der Waals surface area contributed by atoms with Crippen LogP contribution in [0.2, 0.25) is 0 Å². The third-order valence-electron chi connectivity index (χ3n) is 1.34. The lowest BCUT2D eigenvalue weighted by Crippen LogP contribution is -2.15. The first-order valence-corrected chi connectivity index (χ1v) is 4.56. The zero-order valence-electron chi connectivity index (χ0n) is 6.66. The molecule has 0 aromatic carbocycles. The average Bonchev–Trinajstić information content (AvgIpc) is 2.50. The van der Waals surface area contributed by atoms with Crippen molar-refractivity contribution in [1.29, 1.82) is 0 Å². The normalized spacial score (nSPS) is 8.83. The van der Waals surface area contributed by atoms with Crippen LogP contribution >= 0.6 is 36.0 Å². The number of thiophene rings is 1. The smallest absolute Gasteiger partial charge is 0.107 e. The van der Waals surface area contributed by atoms with E-state index in [9.17, 15) is 0 Å². The summed E-state index contributed by atoms with van der Waals surface area (Å²) in [5.41, 5.74) is 6.51. The Morgan fingerprint density at radius 2 is 2.42 bits per heavy atom. The Balaban J connectivity index is 0.00000121. The lowest BCUT2D eigenvalue weighted by Gasteiger charge is -1.96. The fraction of sp³-hybridized carbons (Fsp3) is 0.286. The maximum Gasteiger partial charge on any atom is 0.107 e. The van der Waals surface area contributed by atoms with Gasteiger partial charge in [-0.3, -0.25) is 0 Å². The Hall–Kier alpha value is -0.160. The Bertz CT molecular complexity index is 260. The van der Waals surface area contributed by atoms with E-state index in [0.29, 0.717) is 6.54 Å². The molecule has 0 fully saturated rings. The van der Waals surface area contributed by atoms with Gasteiger partial charge in [-0.2, -0.15) is 0 Å². The van der Waals surface area contributed by atoms with Crippen LogP contribution in [0.25, 0.3) is 0 Å². The zero-order valence-corrected chi connectivity index (χ0v) is 9.11. The zero-order chi connectivity index (χ0) is 8.27. The minimum Gasteiger partial charge on any atom is -0.379 e. The summed E-state index contributed by atoms with van der Waals surface area (Å²) < 4.78 is 0. The quantitative estimate of drug-likeness (QED) is 0.746. The molecular formula is C7H11ClN2S2. The molecule has 1 aromatic rings. The minimum absolute atomic E-state index is 0. The molecule has 0 saturated heterocycles. The number of thiocarbonyl (C=S) groups is 1. The summed E-state index contributed by atoms with van der Waals surface area (Å²) in [6.07, 6.45) is 0. The van der Waals surface area contributed by atoms with Gasteiger partial charge in [-0.15, -0.1) is 23.7 Å². The monoisotopic (exact) mass is 222 g/mol. The topological polar surface area (TPSA) is 38.0 Å². The molecule has 1 aromatic heterocycles. The minimum atomic E-state index is 0. The van der Waals surface area contributed by atoms with Crippen molar-refractivity contribution >= 4 is 41.0 Å². The fourth-order valence-electron chi connectivity index (χ4n) is 0.751. The molecule has 12 heavy (non-hydrogen) atoms. The van der Waals surface area contributed by atoms with Crippen molar-refractivity contribution in [1.82, 2.24) is 5.32 Å². The Morgan fingerprint density at radius 3 is 2.83 bits per heavy atom. The highest BCUT2D eigenvalue weighted by atomic mass is 35.5. The molecule has 0 aliphatic rings. The van der Waals surface area contributed by atoms with E-state index in [4.69, 9.17) is 18.0 Å². The van der Waals surface area contributed by atoms with Gasteiger partial charge in [0.2, 0.25) is 0 Å². The molecule has 1 rings (SSSR count). The summed E-state index contributed by atoms with van der Waals surface area (Å²) in [5, 5.41) is 4.93. The van der Waals surface area contributed by atoms with Gasteiger partial charge in [0.05, 0.1) is 0 Å². The Labute approximate surface area is 87.6 Å². The summed E-state index contributed by atoms with van der Waals surface area (Å²) in [7, 11) is 1.82. The van der Waals surface area contributed by atoms with Gasteiger partial charge < -0.3 is 11.1 Å². The van der Waals surface area contributed by atoms with E-state index in [-0.39, 0.29) is 12.4 Å².